The molecule has 3 rings (SSSR count). The maximum Gasteiger partial charge on any atom is 0.271 e. The number of carbonyl (C=O) groups excluding carboxylic acids is 2. The Bertz CT molecular complexity index is 1260. The molecule has 0 aliphatic rings. The molecular formula is C29H33N3O6. The van der Waals surface area contributed by atoms with E-state index in [1.165, 1.54) is 6.21 Å². The van der Waals surface area contributed by atoms with Crippen molar-refractivity contribution in [1.82, 2.24) is 5.43 Å². The number of hydrogen-bond acceptors (Lipinski definition) is 7. The van der Waals surface area contributed by atoms with Gasteiger partial charge in [-0.3, -0.25) is 9.59 Å². The summed E-state index contributed by atoms with van der Waals surface area (Å²) in [4.78, 5) is 24.9. The van der Waals surface area contributed by atoms with Crippen molar-refractivity contribution in [3.05, 3.63) is 77.4 Å². The van der Waals surface area contributed by atoms with Crippen LogP contribution in [-0.4, -0.2) is 44.5 Å². The molecule has 0 heterocycles. The number of benzene rings is 3. The van der Waals surface area contributed by atoms with Crippen LogP contribution in [0.5, 0.6) is 23.0 Å². The van der Waals surface area contributed by atoms with E-state index in [2.05, 4.69) is 15.8 Å². The first-order chi connectivity index (χ1) is 18.4. The molecule has 3 aromatic carbocycles. The van der Waals surface area contributed by atoms with Crippen LogP contribution in [0.1, 0.15) is 42.3 Å². The number of rotatable bonds is 13. The molecule has 2 amide bonds. The maximum absolute atomic E-state index is 12.6. The van der Waals surface area contributed by atoms with Crippen LogP contribution in [0.2, 0.25) is 0 Å². The van der Waals surface area contributed by atoms with Crippen molar-refractivity contribution in [3.8, 4) is 23.0 Å². The number of nitrogens with zero attached hydrogens (tertiary/aromatic N) is 1. The van der Waals surface area contributed by atoms with Crippen LogP contribution in [0.25, 0.3) is 0 Å². The number of carbonyl (C=O) groups is 2. The van der Waals surface area contributed by atoms with E-state index in [0.29, 0.717) is 59.6 Å². The molecule has 2 N–H and O–H groups in total. The monoisotopic (exact) mass is 519 g/mol. The van der Waals surface area contributed by atoms with Gasteiger partial charge in [0.2, 0.25) is 0 Å². The molecule has 0 bridgehead atoms. The van der Waals surface area contributed by atoms with E-state index in [4.69, 9.17) is 18.9 Å². The minimum absolute atomic E-state index is 0.177. The van der Waals surface area contributed by atoms with Crippen LogP contribution in [0.15, 0.2) is 65.8 Å². The summed E-state index contributed by atoms with van der Waals surface area (Å²) in [6.07, 6.45) is 1.49. The van der Waals surface area contributed by atoms with Crippen molar-refractivity contribution in [2.24, 2.45) is 5.10 Å². The van der Waals surface area contributed by atoms with Crippen LogP contribution in [-0.2, 0) is 4.79 Å². The van der Waals surface area contributed by atoms with Crippen molar-refractivity contribution < 1.29 is 28.5 Å². The first kappa shape index (κ1) is 28.0. The Morgan fingerprint density at radius 1 is 0.763 bits per heavy atom. The molecule has 0 radical (unpaired) electrons. The minimum Gasteiger partial charge on any atom is -0.490 e. The van der Waals surface area contributed by atoms with Gasteiger partial charge in [0.25, 0.3) is 11.8 Å². The van der Waals surface area contributed by atoms with Crippen molar-refractivity contribution in [1.29, 1.82) is 0 Å². The largest absolute Gasteiger partial charge is 0.490 e. The van der Waals surface area contributed by atoms with E-state index in [-0.39, 0.29) is 12.5 Å². The highest BCUT2D eigenvalue weighted by Crippen LogP contribution is 2.29. The van der Waals surface area contributed by atoms with E-state index in [0.717, 1.165) is 5.56 Å². The highest BCUT2D eigenvalue weighted by molar-refractivity contribution is 5.95. The molecule has 0 atom stereocenters. The number of amides is 2. The third kappa shape index (κ3) is 8.26. The second-order valence-electron chi connectivity index (χ2n) is 8.07. The van der Waals surface area contributed by atoms with Crippen LogP contribution >= 0.6 is 0 Å². The third-order valence-electron chi connectivity index (χ3n) is 5.15. The van der Waals surface area contributed by atoms with Crippen molar-refractivity contribution in [3.63, 3.8) is 0 Å². The Labute approximate surface area is 222 Å². The summed E-state index contributed by atoms with van der Waals surface area (Å²) in [5.74, 6) is 1.27. The summed E-state index contributed by atoms with van der Waals surface area (Å²) in [6, 6.07) is 17.6. The standard InChI is InChI=1S/C29H33N3O6/c1-5-35-24-15-11-22(17-27(24)37-7-3)29(34)32-30-18-21-10-14-25(26(16-21)36-6-2)38-19-28(33)31-23-12-8-20(4)9-13-23/h8-18H,5-7,19H2,1-4H3,(H,31,33)(H,32,34)/b30-18+. The highest BCUT2D eigenvalue weighted by Gasteiger charge is 2.12. The maximum atomic E-state index is 12.6. The summed E-state index contributed by atoms with van der Waals surface area (Å²) in [6.45, 7) is 8.73. The van der Waals surface area contributed by atoms with Gasteiger partial charge in [0.15, 0.2) is 29.6 Å². The van der Waals surface area contributed by atoms with Gasteiger partial charge >= 0.3 is 0 Å². The second-order valence-corrected chi connectivity index (χ2v) is 8.07. The zero-order valence-corrected chi connectivity index (χ0v) is 22.1. The zero-order valence-electron chi connectivity index (χ0n) is 22.1. The Hall–Kier alpha value is -4.53. The first-order valence-electron chi connectivity index (χ1n) is 12.4. The highest BCUT2D eigenvalue weighted by atomic mass is 16.5. The SMILES string of the molecule is CCOc1ccc(C(=O)N/N=C/c2ccc(OCC(=O)Nc3ccc(C)cc3)c(OCC)c2)cc1OCC. The van der Waals surface area contributed by atoms with Gasteiger partial charge in [-0.25, -0.2) is 5.43 Å². The fourth-order valence-electron chi connectivity index (χ4n) is 3.39. The molecule has 0 aliphatic carbocycles. The Balaban J connectivity index is 1.61. The fourth-order valence-corrected chi connectivity index (χ4v) is 3.39. The van der Waals surface area contributed by atoms with Crippen LogP contribution in [0, 0.1) is 6.92 Å². The lowest BCUT2D eigenvalue weighted by Gasteiger charge is -2.13. The van der Waals surface area contributed by atoms with E-state index in [1.54, 1.807) is 36.4 Å². The van der Waals surface area contributed by atoms with Crippen molar-refractivity contribution in [2.45, 2.75) is 27.7 Å². The number of nitrogens with one attached hydrogen (secondary N) is 2. The van der Waals surface area contributed by atoms with Gasteiger partial charge in [0.05, 0.1) is 26.0 Å². The van der Waals surface area contributed by atoms with Crippen LogP contribution in [0.4, 0.5) is 5.69 Å². The molecule has 0 aliphatic heterocycles. The number of aryl methyl sites for hydroxylation is 1. The van der Waals surface area contributed by atoms with Gasteiger partial charge in [-0.15, -0.1) is 0 Å². The zero-order chi connectivity index (χ0) is 27.3. The molecule has 0 aromatic heterocycles. The minimum atomic E-state index is -0.394. The predicted octanol–water partition coefficient (Wildman–Crippen LogP) is 4.97. The summed E-state index contributed by atoms with van der Waals surface area (Å²) in [7, 11) is 0. The number of ether oxygens (including phenoxy) is 4. The quantitative estimate of drug-likeness (QED) is 0.244. The summed E-state index contributed by atoms with van der Waals surface area (Å²) in [5, 5.41) is 6.85. The van der Waals surface area contributed by atoms with Gasteiger partial charge in [-0.1, -0.05) is 17.7 Å². The molecular weight excluding hydrogens is 486 g/mol. The number of hydrogen-bond donors (Lipinski definition) is 2. The van der Waals surface area contributed by atoms with Crippen LogP contribution < -0.4 is 29.7 Å². The normalized spacial score (nSPS) is 10.6. The van der Waals surface area contributed by atoms with Gasteiger partial charge in [0.1, 0.15) is 0 Å². The smallest absolute Gasteiger partial charge is 0.271 e. The topological polar surface area (TPSA) is 107 Å². The van der Waals surface area contributed by atoms with Crippen LogP contribution in [0.3, 0.4) is 0 Å². The van der Waals surface area contributed by atoms with Gasteiger partial charge in [0, 0.05) is 11.3 Å². The molecule has 0 saturated heterocycles. The molecule has 3 aromatic rings. The van der Waals surface area contributed by atoms with Gasteiger partial charge < -0.3 is 24.3 Å². The van der Waals surface area contributed by atoms with Crippen molar-refractivity contribution in [2.75, 3.05) is 31.7 Å². The lowest BCUT2D eigenvalue weighted by atomic mass is 10.2. The molecule has 38 heavy (non-hydrogen) atoms. The van der Waals surface area contributed by atoms with Gasteiger partial charge in [-0.2, -0.15) is 5.10 Å². The fraction of sp³-hybridized carbons (Fsp3) is 0.276. The third-order valence-corrected chi connectivity index (χ3v) is 5.15. The molecule has 0 spiro atoms. The predicted molar refractivity (Wildman–Crippen MR) is 147 cm³/mol. The van der Waals surface area contributed by atoms with Crippen molar-refractivity contribution >= 4 is 23.7 Å². The number of anilines is 1. The molecule has 0 unspecified atom stereocenters. The van der Waals surface area contributed by atoms with E-state index >= 15 is 0 Å². The summed E-state index contributed by atoms with van der Waals surface area (Å²) in [5.41, 5.74) is 5.37. The van der Waals surface area contributed by atoms with E-state index in [1.807, 2.05) is 52.0 Å². The molecule has 0 saturated carbocycles. The number of hydrazone groups is 1. The lowest BCUT2D eigenvalue weighted by Crippen LogP contribution is -2.20. The first-order valence-corrected chi connectivity index (χ1v) is 12.4. The molecule has 9 heteroatoms. The van der Waals surface area contributed by atoms with Gasteiger partial charge in [-0.05, 0) is 81.8 Å². The average Bonchev–Trinajstić information content (AvgIpc) is 2.91. The summed E-state index contributed by atoms with van der Waals surface area (Å²) >= 11 is 0. The molecule has 9 nitrogen and oxygen atoms in total. The lowest BCUT2D eigenvalue weighted by molar-refractivity contribution is -0.118. The Kier molecular flexibility index (Phi) is 10.5. The molecule has 200 valence electrons. The van der Waals surface area contributed by atoms with E-state index in [9.17, 15) is 9.59 Å². The average molecular weight is 520 g/mol. The van der Waals surface area contributed by atoms with E-state index < -0.39 is 5.91 Å². The second kappa shape index (κ2) is 14.3. The Morgan fingerprint density at radius 2 is 1.37 bits per heavy atom. The summed E-state index contributed by atoms with van der Waals surface area (Å²) < 4.78 is 22.5. The molecule has 0 fully saturated rings. The Morgan fingerprint density at radius 3 is 2.05 bits per heavy atom.